The third kappa shape index (κ3) is 3.01. The Bertz CT molecular complexity index is 614. The van der Waals surface area contributed by atoms with Crippen LogP contribution < -0.4 is 0 Å². The molecular weight excluding hydrogens is 276 g/mol. The smallest absolute Gasteiger partial charge is 0.159 e. The summed E-state index contributed by atoms with van der Waals surface area (Å²) in [4.78, 5) is 11.9. The first-order valence-corrected chi connectivity index (χ1v) is 8.36. The molecule has 0 aliphatic carbocycles. The summed E-state index contributed by atoms with van der Waals surface area (Å²) in [5, 5.41) is 9.17. The van der Waals surface area contributed by atoms with Crippen LogP contribution in [0.4, 0.5) is 0 Å². The Kier molecular flexibility index (Phi) is 4.74. The summed E-state index contributed by atoms with van der Waals surface area (Å²) < 4.78 is 2.22. The largest absolute Gasteiger partial charge is 0.396 e. The van der Waals surface area contributed by atoms with Crippen LogP contribution in [0, 0.1) is 0 Å². The summed E-state index contributed by atoms with van der Waals surface area (Å²) in [7, 11) is 0. The van der Waals surface area contributed by atoms with Gasteiger partial charge in [0.1, 0.15) is 11.3 Å². The lowest BCUT2D eigenvalue weighted by Gasteiger charge is -2.34. The van der Waals surface area contributed by atoms with E-state index in [2.05, 4.69) is 28.3 Å². The molecule has 22 heavy (non-hydrogen) atoms. The van der Waals surface area contributed by atoms with Crippen LogP contribution in [0.1, 0.15) is 44.9 Å². The summed E-state index contributed by atoms with van der Waals surface area (Å²) in [6.45, 7) is 7.81. The summed E-state index contributed by atoms with van der Waals surface area (Å²) >= 11 is 0. The van der Waals surface area contributed by atoms with Crippen LogP contribution >= 0.6 is 0 Å². The van der Waals surface area contributed by atoms with E-state index in [-0.39, 0.29) is 6.61 Å². The van der Waals surface area contributed by atoms with E-state index in [1.807, 2.05) is 18.3 Å². The van der Waals surface area contributed by atoms with Crippen LogP contribution in [0.5, 0.6) is 0 Å². The third-order valence-electron chi connectivity index (χ3n) is 4.70. The van der Waals surface area contributed by atoms with Gasteiger partial charge in [0.15, 0.2) is 5.65 Å². The number of hydrogen-bond donors (Lipinski definition) is 1. The fourth-order valence-corrected chi connectivity index (χ4v) is 3.41. The molecule has 1 aliphatic heterocycles. The van der Waals surface area contributed by atoms with E-state index in [0.29, 0.717) is 12.0 Å². The number of hydrogen-bond acceptors (Lipinski definition) is 4. The van der Waals surface area contributed by atoms with Gasteiger partial charge in [0.05, 0.1) is 0 Å². The number of aliphatic hydroxyl groups excluding tert-OH is 1. The second-order valence-electron chi connectivity index (χ2n) is 6.45. The van der Waals surface area contributed by atoms with E-state index in [9.17, 15) is 5.11 Å². The third-order valence-corrected chi connectivity index (χ3v) is 4.70. The number of nitrogens with zero attached hydrogens (tertiary/aromatic N) is 4. The van der Waals surface area contributed by atoms with Gasteiger partial charge in [0, 0.05) is 31.3 Å². The van der Waals surface area contributed by atoms with Crippen molar-refractivity contribution in [2.45, 2.75) is 51.6 Å². The molecule has 0 spiro atoms. The van der Waals surface area contributed by atoms with Crippen molar-refractivity contribution in [3.63, 3.8) is 0 Å². The van der Waals surface area contributed by atoms with Gasteiger partial charge in [-0.05, 0) is 58.3 Å². The molecule has 0 atom stereocenters. The Labute approximate surface area is 132 Å². The first kappa shape index (κ1) is 15.4. The van der Waals surface area contributed by atoms with Crippen molar-refractivity contribution < 1.29 is 5.11 Å². The average Bonchev–Trinajstić information content (AvgIpc) is 2.91. The Morgan fingerprint density at radius 1 is 1.32 bits per heavy atom. The fourth-order valence-electron chi connectivity index (χ4n) is 3.41. The van der Waals surface area contributed by atoms with E-state index in [1.54, 1.807) is 0 Å². The lowest BCUT2D eigenvalue weighted by Crippen LogP contribution is -2.38. The summed E-state index contributed by atoms with van der Waals surface area (Å²) in [5.41, 5.74) is 1.93. The minimum Gasteiger partial charge on any atom is -0.396 e. The van der Waals surface area contributed by atoms with Crippen molar-refractivity contribution in [1.29, 1.82) is 0 Å². The molecular formula is C17H26N4O. The maximum atomic E-state index is 9.17. The highest BCUT2D eigenvalue weighted by Gasteiger charge is 2.26. The van der Waals surface area contributed by atoms with Crippen LogP contribution in [0.2, 0.25) is 0 Å². The maximum absolute atomic E-state index is 9.17. The number of fused-ring (bicyclic) bond motifs is 1. The van der Waals surface area contributed by atoms with Crippen molar-refractivity contribution in [2.24, 2.45) is 0 Å². The molecule has 1 fully saturated rings. The molecule has 0 saturated carbocycles. The second-order valence-corrected chi connectivity index (χ2v) is 6.45. The van der Waals surface area contributed by atoms with Gasteiger partial charge in [-0.1, -0.05) is 0 Å². The van der Waals surface area contributed by atoms with E-state index in [0.717, 1.165) is 55.9 Å². The second kappa shape index (κ2) is 6.75. The van der Waals surface area contributed by atoms with Crippen molar-refractivity contribution >= 4 is 11.2 Å². The highest BCUT2D eigenvalue weighted by molar-refractivity contribution is 5.71. The fraction of sp³-hybridized carbons (Fsp3) is 0.647. The maximum Gasteiger partial charge on any atom is 0.159 e. The molecule has 0 bridgehead atoms. The molecule has 120 valence electrons. The number of aliphatic hydroxyl groups is 1. The van der Waals surface area contributed by atoms with Crippen LogP contribution in [0.3, 0.4) is 0 Å². The van der Waals surface area contributed by atoms with Crippen LogP contribution in [0.25, 0.3) is 11.2 Å². The predicted octanol–water partition coefficient (Wildman–Crippen LogP) is 2.40. The summed E-state index contributed by atoms with van der Waals surface area (Å²) in [6.07, 6.45) is 4.88. The van der Waals surface area contributed by atoms with Gasteiger partial charge in [0.2, 0.25) is 0 Å². The SMILES string of the molecule is CC(C)N1CCC(c2nc3cccnc3n2CCCO)CC1. The minimum atomic E-state index is 0.206. The minimum absolute atomic E-state index is 0.206. The number of imidazole rings is 1. The predicted molar refractivity (Wildman–Crippen MR) is 87.9 cm³/mol. The molecule has 0 aromatic carbocycles. The Morgan fingerprint density at radius 3 is 2.77 bits per heavy atom. The molecule has 1 N–H and O–H groups in total. The topological polar surface area (TPSA) is 54.2 Å². The summed E-state index contributed by atoms with van der Waals surface area (Å²) in [5.74, 6) is 1.66. The molecule has 3 rings (SSSR count). The number of piperidine rings is 1. The van der Waals surface area contributed by atoms with Gasteiger partial charge in [-0.3, -0.25) is 0 Å². The standard InChI is InChI=1S/C17H26N4O/c1-13(2)20-10-6-14(7-11-20)16-19-15-5-3-8-18-17(15)21(16)9-4-12-22/h3,5,8,13-14,22H,4,6-7,9-12H2,1-2H3. The van der Waals surface area contributed by atoms with Gasteiger partial charge in [0.25, 0.3) is 0 Å². The first-order chi connectivity index (χ1) is 10.7. The van der Waals surface area contributed by atoms with Gasteiger partial charge >= 0.3 is 0 Å². The number of pyridine rings is 1. The number of aryl methyl sites for hydroxylation is 1. The zero-order valence-electron chi connectivity index (χ0n) is 13.6. The first-order valence-electron chi connectivity index (χ1n) is 8.36. The van der Waals surface area contributed by atoms with Crippen molar-refractivity contribution in [3.8, 4) is 0 Å². The Hall–Kier alpha value is -1.46. The molecule has 5 heteroatoms. The normalized spacial score (nSPS) is 17.6. The van der Waals surface area contributed by atoms with E-state index in [4.69, 9.17) is 4.98 Å². The van der Waals surface area contributed by atoms with Crippen LogP contribution in [-0.2, 0) is 6.54 Å². The molecule has 0 unspecified atom stereocenters. The molecule has 1 aliphatic rings. The zero-order chi connectivity index (χ0) is 15.5. The lowest BCUT2D eigenvalue weighted by atomic mass is 9.95. The monoisotopic (exact) mass is 302 g/mol. The van der Waals surface area contributed by atoms with E-state index in [1.165, 1.54) is 0 Å². The zero-order valence-corrected chi connectivity index (χ0v) is 13.6. The van der Waals surface area contributed by atoms with Crippen molar-refractivity contribution in [3.05, 3.63) is 24.2 Å². The highest BCUT2D eigenvalue weighted by atomic mass is 16.3. The molecule has 0 amide bonds. The van der Waals surface area contributed by atoms with Crippen LogP contribution in [0.15, 0.2) is 18.3 Å². The summed E-state index contributed by atoms with van der Waals surface area (Å²) in [6, 6.07) is 4.59. The number of aromatic nitrogens is 3. The van der Waals surface area contributed by atoms with Gasteiger partial charge in [-0.2, -0.15) is 0 Å². The molecule has 2 aromatic heterocycles. The number of rotatable bonds is 5. The molecule has 1 saturated heterocycles. The van der Waals surface area contributed by atoms with Gasteiger partial charge in [-0.15, -0.1) is 0 Å². The molecule has 2 aromatic rings. The number of likely N-dealkylation sites (tertiary alicyclic amines) is 1. The van der Waals surface area contributed by atoms with E-state index >= 15 is 0 Å². The van der Waals surface area contributed by atoms with Crippen LogP contribution in [-0.4, -0.2) is 50.3 Å². The highest BCUT2D eigenvalue weighted by Crippen LogP contribution is 2.30. The van der Waals surface area contributed by atoms with Crippen molar-refractivity contribution in [1.82, 2.24) is 19.4 Å². The molecule has 0 radical (unpaired) electrons. The molecule has 3 heterocycles. The average molecular weight is 302 g/mol. The Balaban J connectivity index is 1.86. The molecule has 5 nitrogen and oxygen atoms in total. The quantitative estimate of drug-likeness (QED) is 0.921. The van der Waals surface area contributed by atoms with Crippen molar-refractivity contribution in [2.75, 3.05) is 19.7 Å². The Morgan fingerprint density at radius 2 is 2.09 bits per heavy atom. The van der Waals surface area contributed by atoms with Gasteiger partial charge in [-0.25, -0.2) is 9.97 Å². The van der Waals surface area contributed by atoms with E-state index < -0.39 is 0 Å². The lowest BCUT2D eigenvalue weighted by molar-refractivity contribution is 0.168. The van der Waals surface area contributed by atoms with Gasteiger partial charge < -0.3 is 14.6 Å².